The van der Waals surface area contributed by atoms with E-state index < -0.39 is 101 Å². The van der Waals surface area contributed by atoms with Gasteiger partial charge in [0.2, 0.25) is 11.6 Å². The topological polar surface area (TPSA) is 175 Å². The normalized spacial score (nSPS) is 28.2. The number of alkyl halides is 3. The van der Waals surface area contributed by atoms with Crippen LogP contribution in [0, 0.1) is 0 Å². The molecule has 2 aliphatic carbocycles. The molecule has 1 fully saturated rings. The Labute approximate surface area is 325 Å². The van der Waals surface area contributed by atoms with E-state index in [0.29, 0.717) is 7.11 Å². The number of halogens is 3. The van der Waals surface area contributed by atoms with Gasteiger partial charge >= 0.3 is 18.1 Å². The van der Waals surface area contributed by atoms with E-state index in [1.54, 1.807) is 6.92 Å². The van der Waals surface area contributed by atoms with Gasteiger partial charge in [0.1, 0.15) is 12.8 Å². The van der Waals surface area contributed by atoms with Gasteiger partial charge in [0.25, 0.3) is 5.60 Å². The Morgan fingerprint density at radius 2 is 1.47 bits per heavy atom. The monoisotopic (exact) mass is 798 g/mol. The number of aliphatic hydroxyl groups excluding tert-OH is 1. The number of likely N-dealkylation sites (N-methyl/N-ethyl adjacent to an activating group) is 1. The van der Waals surface area contributed by atoms with Crippen molar-refractivity contribution < 1.29 is 70.7 Å². The van der Waals surface area contributed by atoms with Crippen LogP contribution < -0.4 is 0 Å². The standard InChI is InChI=1S/C40H41F3N2O12/c1-9-17(2)37(51)56-16-23-24-21(29(46)18(3)33(53-6)31(24)48)15-22-27-25-26(30(47)19(4)34(54-7)32(25)49)35(28(44(27)5)36(50)45(22)23)57-38(52)39(55-8,40(41,42)43)20-13-11-10-12-14-20/h9-14,22-23,27-28,35-36,50H,15-16H2,1-8H3/b17-9-/t22-,23-,27+,28+,35-,36-,39+/m0/s1. The van der Waals surface area contributed by atoms with Crippen LogP contribution in [0.5, 0.6) is 0 Å². The molecule has 1 aromatic rings. The van der Waals surface area contributed by atoms with Crippen LogP contribution in [0.4, 0.5) is 13.2 Å². The van der Waals surface area contributed by atoms with Gasteiger partial charge in [-0.25, -0.2) is 9.59 Å². The van der Waals surface area contributed by atoms with Crippen molar-refractivity contribution in [3.8, 4) is 0 Å². The average molecular weight is 799 g/mol. The van der Waals surface area contributed by atoms with Crippen molar-refractivity contribution in [3.63, 3.8) is 0 Å². The van der Waals surface area contributed by atoms with E-state index >= 15 is 13.2 Å². The molecular formula is C40H41F3N2O12. The third-order valence-corrected chi connectivity index (χ3v) is 11.6. The van der Waals surface area contributed by atoms with Crippen LogP contribution in [0.25, 0.3) is 0 Å². The first-order valence-corrected chi connectivity index (χ1v) is 17.9. The van der Waals surface area contributed by atoms with Crippen LogP contribution in [0.15, 0.2) is 86.9 Å². The molecule has 0 spiro atoms. The third kappa shape index (κ3) is 6.01. The van der Waals surface area contributed by atoms with E-state index in [1.807, 2.05) is 0 Å². The van der Waals surface area contributed by atoms with Gasteiger partial charge in [0.05, 0.1) is 37.9 Å². The van der Waals surface area contributed by atoms with Gasteiger partial charge in [0.15, 0.2) is 29.2 Å². The molecule has 57 heavy (non-hydrogen) atoms. The van der Waals surface area contributed by atoms with Crippen LogP contribution >= 0.6 is 0 Å². The lowest BCUT2D eigenvalue weighted by molar-refractivity contribution is -0.280. The maximum Gasteiger partial charge on any atom is 0.432 e. The fourth-order valence-electron chi connectivity index (χ4n) is 8.75. The Kier molecular flexibility index (Phi) is 10.8. The highest BCUT2D eigenvalue weighted by molar-refractivity contribution is 6.26. The summed E-state index contributed by atoms with van der Waals surface area (Å²) in [6.45, 7) is 5.11. The summed E-state index contributed by atoms with van der Waals surface area (Å²) in [4.78, 5) is 86.8. The van der Waals surface area contributed by atoms with Crippen molar-refractivity contribution in [2.45, 2.75) is 82.4 Å². The van der Waals surface area contributed by atoms with Crippen molar-refractivity contribution in [1.29, 1.82) is 0 Å². The SMILES string of the molecule is C/C=C(/C)C(=O)OC[C@H]1C2=C(C[C@H]3[C@@H]4C5=C(C(=O)C(C)=C(OC)C5=O)[C@H](OC(=O)[C@](OC)(c5ccccc5)C(F)(F)F)[C@H]([C@H](O)N13)N4C)C(=O)C(C)=C(OC)C2=O. The van der Waals surface area contributed by atoms with E-state index in [4.69, 9.17) is 23.7 Å². The average Bonchev–Trinajstić information content (AvgIpc) is 3.17. The second-order valence-corrected chi connectivity index (χ2v) is 14.2. The van der Waals surface area contributed by atoms with E-state index in [0.717, 1.165) is 19.2 Å². The maximum atomic E-state index is 15.1. The molecule has 7 atom stereocenters. The summed E-state index contributed by atoms with van der Waals surface area (Å²) in [6, 6.07) is 0.571. The lowest BCUT2D eigenvalue weighted by Gasteiger charge is -2.61. The summed E-state index contributed by atoms with van der Waals surface area (Å²) in [5.41, 5.74) is -5.43. The number of carbonyl (C=O) groups is 6. The minimum Gasteiger partial charge on any atom is -0.492 e. The Morgan fingerprint density at radius 1 is 0.895 bits per heavy atom. The number of carbonyl (C=O) groups excluding carboxylic acids is 6. The molecule has 1 saturated heterocycles. The van der Waals surface area contributed by atoms with Gasteiger partial charge in [-0.05, 0) is 41.2 Å². The molecule has 3 heterocycles. The number of Topliss-reactive ketones (excluding diaryl/α,β-unsaturated/α-hetero) is 4. The number of piperazine rings is 1. The highest BCUT2D eigenvalue weighted by atomic mass is 19.4. The number of hydrogen-bond donors (Lipinski definition) is 1. The number of benzene rings is 1. The predicted octanol–water partition coefficient (Wildman–Crippen LogP) is 2.71. The smallest absolute Gasteiger partial charge is 0.432 e. The number of esters is 2. The minimum atomic E-state index is -5.43. The predicted molar refractivity (Wildman–Crippen MR) is 190 cm³/mol. The first-order chi connectivity index (χ1) is 26.9. The first kappa shape index (κ1) is 41.4. The highest BCUT2D eigenvalue weighted by Crippen LogP contribution is 2.51. The first-order valence-electron chi connectivity index (χ1n) is 17.9. The number of hydrogen-bond acceptors (Lipinski definition) is 14. The molecule has 5 aliphatic rings. The molecule has 3 aliphatic heterocycles. The summed E-state index contributed by atoms with van der Waals surface area (Å²) in [6.07, 6.45) is -8.22. The molecule has 304 valence electrons. The zero-order chi connectivity index (χ0) is 42.0. The molecular weight excluding hydrogens is 757 g/mol. The van der Waals surface area contributed by atoms with Crippen LogP contribution in [-0.4, -0.2) is 128 Å². The maximum absolute atomic E-state index is 15.1. The summed E-state index contributed by atoms with van der Waals surface area (Å²) >= 11 is 0. The molecule has 6 rings (SSSR count). The van der Waals surface area contributed by atoms with Crippen molar-refractivity contribution >= 4 is 35.1 Å². The van der Waals surface area contributed by atoms with Crippen molar-refractivity contribution in [2.75, 3.05) is 35.0 Å². The van der Waals surface area contributed by atoms with Crippen LogP contribution in [-0.2, 0) is 58.1 Å². The van der Waals surface area contributed by atoms with E-state index in [2.05, 4.69) is 0 Å². The van der Waals surface area contributed by atoms with Crippen LogP contribution in [0.1, 0.15) is 39.7 Å². The number of ether oxygens (including phenoxy) is 5. The van der Waals surface area contributed by atoms with Gasteiger partial charge in [-0.1, -0.05) is 36.4 Å². The molecule has 0 radical (unpaired) electrons. The number of allylic oxidation sites excluding steroid dienone is 5. The summed E-state index contributed by atoms with van der Waals surface area (Å²) in [7, 11) is 4.42. The van der Waals surface area contributed by atoms with Gasteiger partial charge in [0, 0.05) is 52.2 Å². The van der Waals surface area contributed by atoms with E-state index in [-0.39, 0.29) is 51.4 Å². The fourth-order valence-corrected chi connectivity index (χ4v) is 8.75. The molecule has 1 aromatic carbocycles. The quantitative estimate of drug-likeness (QED) is 0.219. The third-order valence-electron chi connectivity index (χ3n) is 11.6. The molecule has 14 nitrogen and oxygen atoms in total. The zero-order valence-corrected chi connectivity index (χ0v) is 32.3. The number of nitrogens with zero attached hydrogens (tertiary/aromatic N) is 2. The summed E-state index contributed by atoms with van der Waals surface area (Å²) in [5.74, 6) is -6.54. The largest absolute Gasteiger partial charge is 0.492 e. The lowest BCUT2D eigenvalue weighted by Crippen LogP contribution is -2.77. The van der Waals surface area contributed by atoms with Crippen molar-refractivity contribution in [1.82, 2.24) is 9.80 Å². The minimum absolute atomic E-state index is 0.00991. The number of methoxy groups -OCH3 is 3. The number of aliphatic hydroxyl groups is 1. The lowest BCUT2D eigenvalue weighted by atomic mass is 9.67. The highest BCUT2D eigenvalue weighted by Gasteiger charge is 2.67. The number of ketones is 4. The van der Waals surface area contributed by atoms with Crippen molar-refractivity contribution in [3.05, 3.63) is 92.5 Å². The van der Waals surface area contributed by atoms with Crippen LogP contribution in [0.2, 0.25) is 0 Å². The van der Waals surface area contributed by atoms with E-state index in [1.165, 1.54) is 69.0 Å². The van der Waals surface area contributed by atoms with Gasteiger partial charge in [-0.2, -0.15) is 13.2 Å². The second kappa shape index (κ2) is 14.9. The molecule has 1 N–H and O–H groups in total. The van der Waals surface area contributed by atoms with Gasteiger partial charge in [-0.3, -0.25) is 29.0 Å². The molecule has 0 unspecified atom stereocenters. The second-order valence-electron chi connectivity index (χ2n) is 14.2. The Balaban J connectivity index is 1.58. The molecule has 0 saturated carbocycles. The van der Waals surface area contributed by atoms with Gasteiger partial charge < -0.3 is 28.8 Å². The zero-order valence-electron chi connectivity index (χ0n) is 32.3. The van der Waals surface area contributed by atoms with Crippen molar-refractivity contribution in [2.24, 2.45) is 0 Å². The molecule has 0 aromatic heterocycles. The Morgan fingerprint density at radius 3 is 2.02 bits per heavy atom. The Bertz CT molecular complexity index is 2130. The summed E-state index contributed by atoms with van der Waals surface area (Å²) in [5, 5.41) is 12.5. The Hall–Kier alpha value is -5.23. The number of rotatable bonds is 9. The molecule has 0 amide bonds. The fraction of sp³-hybridized carbons (Fsp3) is 0.450. The van der Waals surface area contributed by atoms with Crippen LogP contribution in [0.3, 0.4) is 0 Å². The van der Waals surface area contributed by atoms with E-state index in [9.17, 15) is 33.9 Å². The molecule has 2 bridgehead atoms. The molecule has 17 heteroatoms. The number of fused-ring (bicyclic) bond motifs is 5. The van der Waals surface area contributed by atoms with Gasteiger partial charge in [-0.15, -0.1) is 0 Å². The summed E-state index contributed by atoms with van der Waals surface area (Å²) < 4.78 is 72.4.